The maximum absolute atomic E-state index is 12.6. The summed E-state index contributed by atoms with van der Waals surface area (Å²) in [6.07, 6.45) is 5.06. The molecule has 1 atom stereocenters. The predicted molar refractivity (Wildman–Crippen MR) is 95.2 cm³/mol. The average molecular weight is 341 g/mol. The van der Waals surface area contributed by atoms with E-state index in [0.717, 1.165) is 18.7 Å². The third-order valence-corrected chi connectivity index (χ3v) is 4.43. The number of benzene rings is 1. The third kappa shape index (κ3) is 3.99. The highest BCUT2D eigenvalue weighted by molar-refractivity contribution is 6.01. The summed E-state index contributed by atoms with van der Waals surface area (Å²) in [7, 11) is 1.68. The van der Waals surface area contributed by atoms with Crippen molar-refractivity contribution in [2.75, 3.05) is 25.0 Å². The summed E-state index contributed by atoms with van der Waals surface area (Å²) >= 11 is 0. The fraction of sp³-hybridized carbons (Fsp3) is 0.389. The summed E-state index contributed by atoms with van der Waals surface area (Å²) in [6.45, 7) is 1.93. The number of urea groups is 1. The normalized spacial score (nSPS) is 16.9. The van der Waals surface area contributed by atoms with Gasteiger partial charge in [0.25, 0.3) is 0 Å². The minimum Gasteiger partial charge on any atom is -0.338 e. The van der Waals surface area contributed by atoms with E-state index in [-0.39, 0.29) is 11.9 Å². The third-order valence-electron chi connectivity index (χ3n) is 4.43. The highest BCUT2D eigenvalue weighted by atomic mass is 16.2. The van der Waals surface area contributed by atoms with Crippen molar-refractivity contribution in [2.24, 2.45) is 0 Å². The minimum absolute atomic E-state index is 0.0274. The van der Waals surface area contributed by atoms with Gasteiger partial charge in [-0.1, -0.05) is 18.2 Å². The Morgan fingerprint density at radius 2 is 2.12 bits per heavy atom. The largest absolute Gasteiger partial charge is 0.338 e. The van der Waals surface area contributed by atoms with Crippen LogP contribution in [-0.4, -0.2) is 52.8 Å². The van der Waals surface area contributed by atoms with Gasteiger partial charge in [-0.05, 0) is 31.0 Å². The standard InChI is InChI=1S/C18H23N5O2/c1-21(18(25)19-10-5-12-22-13-6-11-20-22)16-9-14-23(17(16)24)15-7-3-2-4-8-15/h2-4,6-8,11,13,16H,5,9-10,12,14H2,1H3,(H,19,25). The summed E-state index contributed by atoms with van der Waals surface area (Å²) in [4.78, 5) is 28.2. The highest BCUT2D eigenvalue weighted by Crippen LogP contribution is 2.23. The van der Waals surface area contributed by atoms with Crippen LogP contribution in [0.4, 0.5) is 10.5 Å². The molecule has 1 aliphatic heterocycles. The molecule has 1 fully saturated rings. The second-order valence-electron chi connectivity index (χ2n) is 6.10. The summed E-state index contributed by atoms with van der Waals surface area (Å²) in [5.41, 5.74) is 0.878. The second-order valence-corrected chi connectivity index (χ2v) is 6.10. The highest BCUT2D eigenvalue weighted by Gasteiger charge is 2.37. The smallest absolute Gasteiger partial charge is 0.317 e. The Morgan fingerprint density at radius 1 is 1.32 bits per heavy atom. The first-order valence-corrected chi connectivity index (χ1v) is 8.51. The maximum Gasteiger partial charge on any atom is 0.317 e. The molecule has 0 saturated carbocycles. The molecule has 1 aromatic heterocycles. The van der Waals surface area contributed by atoms with Gasteiger partial charge in [0.05, 0.1) is 0 Å². The van der Waals surface area contributed by atoms with Crippen LogP contribution < -0.4 is 10.2 Å². The molecule has 132 valence electrons. The van der Waals surface area contributed by atoms with Crippen LogP contribution in [0.3, 0.4) is 0 Å². The maximum atomic E-state index is 12.6. The van der Waals surface area contributed by atoms with Crippen molar-refractivity contribution in [3.05, 3.63) is 48.8 Å². The van der Waals surface area contributed by atoms with Crippen molar-refractivity contribution in [2.45, 2.75) is 25.4 Å². The van der Waals surface area contributed by atoms with E-state index < -0.39 is 6.04 Å². The van der Waals surface area contributed by atoms with Gasteiger partial charge in [0.15, 0.2) is 0 Å². The molecule has 0 bridgehead atoms. The molecule has 0 aliphatic carbocycles. The zero-order valence-corrected chi connectivity index (χ0v) is 14.3. The number of hydrogen-bond acceptors (Lipinski definition) is 3. The Bertz CT molecular complexity index is 702. The predicted octanol–water partition coefficient (Wildman–Crippen LogP) is 1.72. The molecule has 2 aromatic rings. The van der Waals surface area contributed by atoms with Crippen LogP contribution in [-0.2, 0) is 11.3 Å². The van der Waals surface area contributed by atoms with E-state index >= 15 is 0 Å². The van der Waals surface area contributed by atoms with Crippen molar-refractivity contribution in [1.82, 2.24) is 20.0 Å². The summed E-state index contributed by atoms with van der Waals surface area (Å²) in [6, 6.07) is 10.8. The monoisotopic (exact) mass is 341 g/mol. The van der Waals surface area contributed by atoms with E-state index in [1.54, 1.807) is 18.1 Å². The Labute approximate surface area is 147 Å². The van der Waals surface area contributed by atoms with Gasteiger partial charge in [-0.2, -0.15) is 5.10 Å². The second kappa shape index (κ2) is 7.83. The van der Waals surface area contributed by atoms with Crippen molar-refractivity contribution in [3.8, 4) is 0 Å². The van der Waals surface area contributed by atoms with Gasteiger partial charge >= 0.3 is 6.03 Å². The van der Waals surface area contributed by atoms with Crippen LogP contribution >= 0.6 is 0 Å². The molecule has 3 amide bonds. The molecular formula is C18H23N5O2. The molecule has 25 heavy (non-hydrogen) atoms. The molecular weight excluding hydrogens is 318 g/mol. The number of carbonyl (C=O) groups is 2. The van der Waals surface area contributed by atoms with Crippen LogP contribution in [0.15, 0.2) is 48.8 Å². The van der Waals surface area contributed by atoms with E-state index in [0.29, 0.717) is 19.5 Å². The van der Waals surface area contributed by atoms with E-state index in [2.05, 4.69) is 10.4 Å². The lowest BCUT2D eigenvalue weighted by atomic mass is 10.2. The number of hydrogen-bond donors (Lipinski definition) is 1. The minimum atomic E-state index is -0.411. The summed E-state index contributed by atoms with van der Waals surface area (Å²) in [5, 5.41) is 6.99. The molecule has 7 nitrogen and oxygen atoms in total. The van der Waals surface area contributed by atoms with Crippen molar-refractivity contribution < 1.29 is 9.59 Å². The summed E-state index contributed by atoms with van der Waals surface area (Å²) < 4.78 is 1.83. The Morgan fingerprint density at radius 3 is 2.84 bits per heavy atom. The Hall–Kier alpha value is -2.83. The molecule has 1 saturated heterocycles. The molecule has 3 rings (SSSR count). The van der Waals surface area contributed by atoms with Crippen molar-refractivity contribution in [1.29, 1.82) is 0 Å². The molecule has 1 aliphatic rings. The Kier molecular flexibility index (Phi) is 5.33. The first-order valence-electron chi connectivity index (χ1n) is 8.51. The van der Waals surface area contributed by atoms with Gasteiger partial charge in [0.2, 0.25) is 5.91 Å². The van der Waals surface area contributed by atoms with Gasteiger partial charge in [-0.25, -0.2) is 4.79 Å². The van der Waals surface area contributed by atoms with Crippen LogP contribution in [0.25, 0.3) is 0 Å². The van der Waals surface area contributed by atoms with E-state index in [4.69, 9.17) is 0 Å². The van der Waals surface area contributed by atoms with Gasteiger partial charge in [-0.3, -0.25) is 9.48 Å². The molecule has 1 aromatic carbocycles. The fourth-order valence-electron chi connectivity index (χ4n) is 3.02. The lowest BCUT2D eigenvalue weighted by Gasteiger charge is -2.24. The molecule has 1 N–H and O–H groups in total. The average Bonchev–Trinajstić information content (AvgIpc) is 3.28. The van der Waals surface area contributed by atoms with Gasteiger partial charge in [0.1, 0.15) is 6.04 Å². The zero-order valence-electron chi connectivity index (χ0n) is 14.3. The first-order chi connectivity index (χ1) is 12.2. The lowest BCUT2D eigenvalue weighted by Crippen LogP contribution is -2.47. The Balaban J connectivity index is 1.48. The number of aryl methyl sites for hydroxylation is 1. The zero-order chi connectivity index (χ0) is 17.6. The van der Waals surface area contributed by atoms with Crippen LogP contribution in [0.1, 0.15) is 12.8 Å². The molecule has 7 heteroatoms. The van der Waals surface area contributed by atoms with Crippen LogP contribution in [0, 0.1) is 0 Å². The number of anilines is 1. The SMILES string of the molecule is CN(C(=O)NCCCn1cccn1)C1CCN(c2ccccc2)C1=O. The van der Waals surface area contributed by atoms with Gasteiger partial charge < -0.3 is 15.1 Å². The van der Waals surface area contributed by atoms with Crippen molar-refractivity contribution in [3.63, 3.8) is 0 Å². The molecule has 1 unspecified atom stereocenters. The number of likely N-dealkylation sites (N-methyl/N-ethyl adjacent to an activating group) is 1. The van der Waals surface area contributed by atoms with Crippen LogP contribution in [0.5, 0.6) is 0 Å². The number of rotatable bonds is 6. The van der Waals surface area contributed by atoms with Gasteiger partial charge in [0, 0.05) is 44.8 Å². The summed E-state index contributed by atoms with van der Waals surface area (Å²) in [5.74, 6) is -0.0274. The van der Waals surface area contributed by atoms with E-state index in [1.165, 1.54) is 4.90 Å². The number of nitrogens with one attached hydrogen (secondary N) is 1. The van der Waals surface area contributed by atoms with Crippen molar-refractivity contribution >= 4 is 17.6 Å². The lowest BCUT2D eigenvalue weighted by molar-refractivity contribution is -0.120. The molecule has 0 radical (unpaired) electrons. The molecule has 0 spiro atoms. The number of aromatic nitrogens is 2. The topological polar surface area (TPSA) is 70.5 Å². The number of carbonyl (C=O) groups excluding carboxylic acids is 2. The van der Waals surface area contributed by atoms with Gasteiger partial charge in [-0.15, -0.1) is 0 Å². The van der Waals surface area contributed by atoms with Crippen LogP contribution in [0.2, 0.25) is 0 Å². The quantitative estimate of drug-likeness (QED) is 0.813. The van der Waals surface area contributed by atoms with E-state index in [9.17, 15) is 9.59 Å². The first kappa shape index (κ1) is 17.0. The van der Waals surface area contributed by atoms with E-state index in [1.807, 2.05) is 47.3 Å². The molecule has 2 heterocycles. The fourth-order valence-corrected chi connectivity index (χ4v) is 3.02. The number of amides is 3. The number of nitrogens with zero attached hydrogens (tertiary/aromatic N) is 4. The number of para-hydroxylation sites is 1.